The Bertz CT molecular complexity index is 1730. The number of rotatable bonds is 6. The molecule has 8 heteroatoms. The summed E-state index contributed by atoms with van der Waals surface area (Å²) in [6, 6.07) is 11.0. The summed E-state index contributed by atoms with van der Waals surface area (Å²) in [6.45, 7) is 7.59. The molecule has 7 rings (SSSR count). The monoisotopic (exact) mass is 594 g/mol. The first-order valence-electron chi connectivity index (χ1n) is 15.2. The maximum absolute atomic E-state index is 13.9. The second-order valence-electron chi connectivity index (χ2n) is 13.1. The zero-order chi connectivity index (χ0) is 31.2. The minimum atomic E-state index is -0.999. The minimum absolute atomic E-state index is 0.187. The summed E-state index contributed by atoms with van der Waals surface area (Å²) in [4.78, 5) is 52.4. The molecule has 0 aliphatic heterocycles. The lowest BCUT2D eigenvalue weighted by Crippen LogP contribution is -2.36. The number of benzene rings is 3. The van der Waals surface area contributed by atoms with E-state index in [1.807, 2.05) is 64.1 Å². The van der Waals surface area contributed by atoms with Gasteiger partial charge in [0.05, 0.1) is 23.7 Å². The largest absolute Gasteiger partial charge is 0.481 e. The van der Waals surface area contributed by atoms with E-state index < -0.39 is 47.5 Å². The molecule has 0 amide bonds. The van der Waals surface area contributed by atoms with Crippen molar-refractivity contribution in [3.05, 3.63) is 70.8 Å². The van der Waals surface area contributed by atoms with Gasteiger partial charge in [-0.2, -0.15) is 0 Å². The van der Waals surface area contributed by atoms with Gasteiger partial charge in [-0.25, -0.2) is 0 Å². The normalized spacial score (nSPS) is 30.0. The van der Waals surface area contributed by atoms with Crippen LogP contribution >= 0.6 is 0 Å². The van der Waals surface area contributed by atoms with Crippen molar-refractivity contribution in [2.45, 2.75) is 40.5 Å². The van der Waals surface area contributed by atoms with Crippen LogP contribution in [0.1, 0.15) is 37.8 Å². The third-order valence-corrected chi connectivity index (χ3v) is 10.7. The van der Waals surface area contributed by atoms with Crippen LogP contribution in [0.2, 0.25) is 0 Å². The van der Waals surface area contributed by atoms with Crippen molar-refractivity contribution >= 4 is 45.4 Å². The zero-order valence-corrected chi connectivity index (χ0v) is 25.0. The van der Waals surface area contributed by atoms with Crippen LogP contribution < -0.4 is 9.47 Å². The second kappa shape index (κ2) is 10.0. The number of carbonyl (C=O) groups is 4. The highest BCUT2D eigenvalue weighted by Gasteiger charge is 2.56. The first kappa shape index (κ1) is 28.3. The lowest BCUT2D eigenvalue weighted by Gasteiger charge is -2.27. The van der Waals surface area contributed by atoms with E-state index in [0.29, 0.717) is 45.9 Å². The van der Waals surface area contributed by atoms with Gasteiger partial charge in [0.15, 0.2) is 0 Å². The third-order valence-electron chi connectivity index (χ3n) is 10.7. The lowest BCUT2D eigenvalue weighted by molar-refractivity contribution is -0.152. The van der Waals surface area contributed by atoms with Crippen LogP contribution in [0.25, 0.3) is 21.5 Å². The first-order valence-corrected chi connectivity index (χ1v) is 15.2. The van der Waals surface area contributed by atoms with Gasteiger partial charge in [-0.1, -0.05) is 59.7 Å². The fourth-order valence-corrected chi connectivity index (χ4v) is 8.84. The molecule has 4 bridgehead atoms. The van der Waals surface area contributed by atoms with E-state index in [0.717, 1.165) is 22.3 Å². The van der Waals surface area contributed by atoms with Crippen molar-refractivity contribution in [1.82, 2.24) is 0 Å². The molecule has 8 nitrogen and oxygen atoms in total. The number of carboxylic acid groups (broad SMARTS) is 2. The molecule has 0 radical (unpaired) electrons. The molecular formula is C36H34O8. The highest BCUT2D eigenvalue weighted by molar-refractivity contribution is 6.15. The Morgan fingerprint density at radius 1 is 0.614 bits per heavy atom. The van der Waals surface area contributed by atoms with Crippen LogP contribution in [0, 0.1) is 61.2 Å². The predicted octanol–water partition coefficient (Wildman–Crippen LogP) is 6.25. The summed E-state index contributed by atoms with van der Waals surface area (Å²) in [5.41, 5.74) is 3.58. The third kappa shape index (κ3) is 4.03. The number of aliphatic carboxylic acids is 2. The maximum atomic E-state index is 13.9. The van der Waals surface area contributed by atoms with Crippen molar-refractivity contribution in [1.29, 1.82) is 0 Å². The van der Waals surface area contributed by atoms with Gasteiger partial charge in [-0.3, -0.25) is 19.2 Å². The Hall–Kier alpha value is -4.46. The molecule has 44 heavy (non-hydrogen) atoms. The van der Waals surface area contributed by atoms with Crippen molar-refractivity contribution in [3.63, 3.8) is 0 Å². The van der Waals surface area contributed by atoms with Crippen LogP contribution in [0.3, 0.4) is 0 Å². The number of carboxylic acids is 2. The van der Waals surface area contributed by atoms with E-state index in [4.69, 9.17) is 9.47 Å². The number of ether oxygens (including phenoxy) is 2. The molecule has 3 aromatic rings. The molecular weight excluding hydrogens is 560 g/mol. The summed E-state index contributed by atoms with van der Waals surface area (Å²) in [5, 5.41) is 22.4. The van der Waals surface area contributed by atoms with Gasteiger partial charge >= 0.3 is 23.9 Å². The van der Waals surface area contributed by atoms with E-state index in [9.17, 15) is 29.4 Å². The molecule has 4 aliphatic rings. The molecule has 2 N–H and O–H groups in total. The van der Waals surface area contributed by atoms with Gasteiger partial charge in [0.2, 0.25) is 0 Å². The number of allylic oxidation sites excluding steroid dienone is 4. The molecule has 226 valence electrons. The van der Waals surface area contributed by atoms with Crippen molar-refractivity contribution in [3.8, 4) is 11.5 Å². The smallest absolute Gasteiger partial charge is 0.315 e. The molecule has 0 saturated heterocycles. The van der Waals surface area contributed by atoms with Crippen molar-refractivity contribution in [2.75, 3.05) is 0 Å². The summed E-state index contributed by atoms with van der Waals surface area (Å²) >= 11 is 0. The van der Waals surface area contributed by atoms with Gasteiger partial charge in [0.1, 0.15) is 11.5 Å². The van der Waals surface area contributed by atoms with Crippen LogP contribution in [0.5, 0.6) is 11.5 Å². The molecule has 8 atom stereocenters. The summed E-state index contributed by atoms with van der Waals surface area (Å²) in [6.07, 6.45) is 5.24. The number of hydrogen-bond donors (Lipinski definition) is 2. The number of aryl methyl sites for hydroxylation is 2. The highest BCUT2D eigenvalue weighted by atomic mass is 16.5. The molecule has 3 aromatic carbocycles. The summed E-state index contributed by atoms with van der Waals surface area (Å²) in [7, 11) is 0. The fourth-order valence-electron chi connectivity index (χ4n) is 8.84. The molecule has 0 heterocycles. The Labute approximate surface area is 254 Å². The van der Waals surface area contributed by atoms with E-state index in [1.165, 1.54) is 0 Å². The molecule has 8 unspecified atom stereocenters. The van der Waals surface area contributed by atoms with E-state index >= 15 is 0 Å². The van der Waals surface area contributed by atoms with Crippen LogP contribution in [0.4, 0.5) is 0 Å². The highest BCUT2D eigenvalue weighted by Crippen LogP contribution is 2.54. The molecule has 0 spiro atoms. The SMILES string of the molecule is CC1=CC2CC1C(C(=O)O)C2C(=O)Oc1c2cccc(C)c2c(OC(=O)C2C3C=C(C)C(C3)C2C(=O)O)c2cccc(C)c12. The van der Waals surface area contributed by atoms with Crippen LogP contribution in [0.15, 0.2) is 59.7 Å². The van der Waals surface area contributed by atoms with Gasteiger partial charge < -0.3 is 19.7 Å². The van der Waals surface area contributed by atoms with Gasteiger partial charge in [0, 0.05) is 21.5 Å². The number of fused-ring (bicyclic) bond motifs is 6. The Kier molecular flexibility index (Phi) is 6.46. The molecule has 2 fully saturated rings. The minimum Gasteiger partial charge on any atom is -0.481 e. The Morgan fingerprint density at radius 2 is 1.00 bits per heavy atom. The number of esters is 2. The predicted molar refractivity (Wildman–Crippen MR) is 162 cm³/mol. The average Bonchev–Trinajstić information content (AvgIpc) is 3.73. The standard InChI is InChI=1S/C36H34O8/c1-15-7-5-9-21-25(15)31(43-35(41)27-19-11-17(3)23(13-19)29(27)33(37)38)22-10-6-8-16(2)26(22)32(21)44-36(42)28-20-12-18(4)24(14-20)30(28)34(39)40/h5-12,19-20,23-24,27-30H,13-14H2,1-4H3,(H,37,38)(H,39,40). The van der Waals surface area contributed by atoms with E-state index in [-0.39, 0.29) is 23.7 Å². The average molecular weight is 595 g/mol. The van der Waals surface area contributed by atoms with Gasteiger partial charge in [-0.15, -0.1) is 0 Å². The van der Waals surface area contributed by atoms with Crippen molar-refractivity contribution in [2.24, 2.45) is 47.3 Å². The summed E-state index contributed by atoms with van der Waals surface area (Å²) in [5.74, 6) is -6.64. The quantitative estimate of drug-likeness (QED) is 0.148. The summed E-state index contributed by atoms with van der Waals surface area (Å²) < 4.78 is 12.5. The first-order chi connectivity index (χ1) is 21.0. The fraction of sp³-hybridized carbons (Fsp3) is 0.389. The molecule has 0 aromatic heterocycles. The van der Waals surface area contributed by atoms with E-state index in [1.54, 1.807) is 12.1 Å². The second-order valence-corrected chi connectivity index (χ2v) is 13.1. The molecule has 4 aliphatic carbocycles. The number of carbonyl (C=O) groups excluding carboxylic acids is 2. The Balaban J connectivity index is 1.34. The van der Waals surface area contributed by atoms with Crippen LogP contribution in [-0.4, -0.2) is 34.1 Å². The molecule has 2 saturated carbocycles. The van der Waals surface area contributed by atoms with Crippen LogP contribution in [-0.2, 0) is 19.2 Å². The number of hydrogen-bond acceptors (Lipinski definition) is 6. The van der Waals surface area contributed by atoms with Crippen molar-refractivity contribution < 1.29 is 38.9 Å². The maximum Gasteiger partial charge on any atom is 0.315 e. The Morgan fingerprint density at radius 3 is 1.36 bits per heavy atom. The lowest BCUT2D eigenvalue weighted by atomic mass is 9.80. The van der Waals surface area contributed by atoms with Gasteiger partial charge in [-0.05, 0) is 75.3 Å². The zero-order valence-electron chi connectivity index (χ0n) is 25.0. The van der Waals surface area contributed by atoms with E-state index in [2.05, 4.69) is 0 Å². The van der Waals surface area contributed by atoms with Gasteiger partial charge in [0.25, 0.3) is 0 Å². The topological polar surface area (TPSA) is 127 Å².